The Hall–Kier alpha value is 0.375. The van der Waals surface area contributed by atoms with Gasteiger partial charge in [-0.1, -0.05) is 99.8 Å². The molecule has 4 aliphatic carbocycles. The van der Waals surface area contributed by atoms with Crippen LogP contribution in [0.15, 0.2) is 49.1 Å². The second-order valence-electron chi connectivity index (χ2n) is 19.1. The Balaban J connectivity index is 0.000000256. The molecule has 320 valence electrons. The molecule has 4 saturated carbocycles. The van der Waals surface area contributed by atoms with E-state index < -0.39 is 68.5 Å². The summed E-state index contributed by atoms with van der Waals surface area (Å²) < 4.78 is 56.0. The fourth-order valence-electron chi connectivity index (χ4n) is 10.9. The maximum absolute atomic E-state index is 7.74. The Morgan fingerprint density at radius 3 is 0.589 bits per heavy atom. The van der Waals surface area contributed by atoms with Crippen LogP contribution in [0.3, 0.4) is 0 Å². The van der Waals surface area contributed by atoms with Gasteiger partial charge in [-0.15, -0.1) is 26.3 Å². The Kier molecular flexibility index (Phi) is 16.2. The van der Waals surface area contributed by atoms with Gasteiger partial charge in [0.1, 0.15) is 0 Å². The van der Waals surface area contributed by atoms with E-state index in [4.69, 9.17) is 32.9 Å². The monoisotopic (exact) mass is 912 g/mol. The molecule has 6 fully saturated rings. The molecule has 2 aliphatic heterocycles. The first-order valence-corrected chi connectivity index (χ1v) is 41.6. The highest BCUT2D eigenvalue weighted by Crippen LogP contribution is 2.54. The summed E-state index contributed by atoms with van der Waals surface area (Å²) >= 11 is 0. The normalized spacial score (nSPS) is 44.4. The number of rotatable bonds is 8. The van der Waals surface area contributed by atoms with Crippen molar-refractivity contribution in [3.63, 3.8) is 0 Å². The van der Waals surface area contributed by atoms with Gasteiger partial charge in [0.05, 0.1) is 0 Å². The van der Waals surface area contributed by atoms with E-state index in [-0.39, 0.29) is 0 Å². The predicted octanol–water partition coefficient (Wildman–Crippen LogP) is 12.9. The SMILES string of the molecule is C=C[Si]1(C)O[Si](C)(C=C)O[Si](C)(C=C)O[Si](C)(C=C)O1.C[Si]1(C2CCCCC2)O[Si](C)(C2CCCCC2)O[Si](C)(C2CCCCC2)O[Si](C)(C2CCCCC2)O1. The molecule has 8 nitrogen and oxygen atoms in total. The zero-order chi connectivity index (χ0) is 40.9. The van der Waals surface area contributed by atoms with Crippen molar-refractivity contribution in [2.75, 3.05) is 0 Å². The first-order chi connectivity index (χ1) is 26.3. The van der Waals surface area contributed by atoms with E-state index in [0.717, 1.165) is 0 Å². The van der Waals surface area contributed by atoms with Gasteiger partial charge < -0.3 is 32.9 Å². The van der Waals surface area contributed by atoms with Crippen LogP contribution in [0.1, 0.15) is 128 Å². The predicted molar refractivity (Wildman–Crippen MR) is 250 cm³/mol. The summed E-state index contributed by atoms with van der Waals surface area (Å²) in [6, 6.07) is 0. The molecule has 0 unspecified atom stereocenters. The Labute approximate surface area is 351 Å². The highest BCUT2D eigenvalue weighted by atomic mass is 28.5. The average Bonchev–Trinajstić information content (AvgIpc) is 3.18. The molecular formula is C40H80O8Si8. The van der Waals surface area contributed by atoms with E-state index in [9.17, 15) is 0 Å². The lowest BCUT2D eigenvalue weighted by Gasteiger charge is -2.57. The summed E-state index contributed by atoms with van der Waals surface area (Å²) in [4.78, 5) is 0. The molecule has 16 heteroatoms. The van der Waals surface area contributed by atoms with Crippen LogP contribution in [0.2, 0.25) is 74.5 Å². The Morgan fingerprint density at radius 2 is 0.446 bits per heavy atom. The van der Waals surface area contributed by atoms with Gasteiger partial charge in [-0.25, -0.2) is 0 Å². The minimum atomic E-state index is -2.60. The third kappa shape index (κ3) is 11.4. The molecule has 6 rings (SSSR count). The van der Waals surface area contributed by atoms with Crippen LogP contribution in [-0.4, -0.2) is 68.5 Å². The third-order valence-corrected chi connectivity index (χ3v) is 51.3. The molecule has 6 aliphatic rings. The van der Waals surface area contributed by atoms with Crippen LogP contribution in [0.25, 0.3) is 0 Å². The maximum Gasteiger partial charge on any atom is 0.344 e. The summed E-state index contributed by atoms with van der Waals surface area (Å²) in [6.07, 6.45) is 26.7. The molecule has 0 spiro atoms. The molecule has 0 atom stereocenters. The minimum absolute atomic E-state index is 0.616. The van der Waals surface area contributed by atoms with E-state index in [0.29, 0.717) is 22.2 Å². The molecule has 0 aromatic carbocycles. The lowest BCUT2D eigenvalue weighted by atomic mass is 10.0. The smallest absolute Gasteiger partial charge is 0.344 e. The van der Waals surface area contributed by atoms with Gasteiger partial charge in [-0.2, -0.15) is 0 Å². The van der Waals surface area contributed by atoms with Gasteiger partial charge in [0.15, 0.2) is 0 Å². The van der Waals surface area contributed by atoms with Crippen LogP contribution in [0, 0.1) is 0 Å². The Morgan fingerprint density at radius 1 is 0.286 bits per heavy atom. The van der Waals surface area contributed by atoms with Gasteiger partial charge in [0.2, 0.25) is 0 Å². The first kappa shape index (κ1) is 47.4. The van der Waals surface area contributed by atoms with Crippen molar-refractivity contribution in [1.29, 1.82) is 0 Å². The summed E-state index contributed by atoms with van der Waals surface area (Å²) in [7, 11) is -20.3. The maximum atomic E-state index is 7.74. The van der Waals surface area contributed by atoms with Gasteiger partial charge in [-0.3, -0.25) is 0 Å². The standard InChI is InChI=1S/C28H56O4Si4.C12H24O4Si4/c1-33(25-17-9-5-10-18-25)29-34(2,26-19-11-6-12-20-26)31-36(4,28-23-15-8-16-24-28)32-35(3,30-33)27-21-13-7-14-22-27;1-9-17(5)13-18(6,10-2)15-20(8,12-4)16-19(7,11-3)14-17/h25-28H,5-24H2,1-4H3;9-12H,1-4H2,5-8H3. The zero-order valence-corrected chi connectivity index (χ0v) is 44.9. The van der Waals surface area contributed by atoms with Crippen molar-refractivity contribution < 1.29 is 32.9 Å². The van der Waals surface area contributed by atoms with Crippen LogP contribution in [0.5, 0.6) is 0 Å². The quantitative estimate of drug-likeness (QED) is 0.223. The molecule has 0 amide bonds. The van der Waals surface area contributed by atoms with Gasteiger partial charge >= 0.3 is 68.5 Å². The van der Waals surface area contributed by atoms with E-state index in [1.165, 1.54) is 128 Å². The highest BCUT2D eigenvalue weighted by molar-refractivity contribution is 6.98. The van der Waals surface area contributed by atoms with Gasteiger partial charge in [0.25, 0.3) is 0 Å². The second kappa shape index (κ2) is 19.2. The zero-order valence-electron chi connectivity index (χ0n) is 36.9. The molecule has 2 heterocycles. The van der Waals surface area contributed by atoms with Crippen LogP contribution in [-0.2, 0) is 32.9 Å². The topological polar surface area (TPSA) is 73.8 Å². The van der Waals surface area contributed by atoms with Gasteiger partial charge in [0, 0.05) is 22.2 Å². The summed E-state index contributed by atoms with van der Waals surface area (Å²) in [5, 5.41) is 0. The molecule has 0 N–H and O–H groups in total. The van der Waals surface area contributed by atoms with Crippen LogP contribution < -0.4 is 0 Å². The fourth-order valence-corrected chi connectivity index (χ4v) is 54.8. The van der Waals surface area contributed by atoms with Crippen molar-refractivity contribution in [2.24, 2.45) is 0 Å². The minimum Gasteiger partial charge on any atom is -0.415 e. The summed E-state index contributed by atoms with van der Waals surface area (Å²) in [5.41, 5.74) is 9.47. The van der Waals surface area contributed by atoms with Crippen LogP contribution in [0.4, 0.5) is 0 Å². The lowest BCUT2D eigenvalue weighted by Crippen LogP contribution is -2.71. The molecule has 2 saturated heterocycles. The molecule has 56 heavy (non-hydrogen) atoms. The van der Waals surface area contributed by atoms with Crippen molar-refractivity contribution >= 4 is 68.5 Å². The summed E-state index contributed by atoms with van der Waals surface area (Å²) in [5.74, 6) is 0. The molecular weight excluding hydrogens is 833 g/mol. The van der Waals surface area contributed by atoms with Gasteiger partial charge in [-0.05, 0) is 104 Å². The molecule has 0 bridgehead atoms. The largest absolute Gasteiger partial charge is 0.415 e. The Bertz CT molecular complexity index is 1130. The van der Waals surface area contributed by atoms with E-state index in [1.54, 1.807) is 22.8 Å². The van der Waals surface area contributed by atoms with Crippen LogP contribution >= 0.6 is 0 Å². The third-order valence-electron chi connectivity index (χ3n) is 14.1. The highest BCUT2D eigenvalue weighted by Gasteiger charge is 2.64. The van der Waals surface area contributed by atoms with Crippen molar-refractivity contribution in [3.05, 3.63) is 49.1 Å². The number of hydrogen-bond donors (Lipinski definition) is 0. The number of hydrogen-bond acceptors (Lipinski definition) is 8. The van der Waals surface area contributed by atoms with Crippen molar-refractivity contribution in [3.8, 4) is 0 Å². The van der Waals surface area contributed by atoms with E-state index in [1.807, 2.05) is 26.2 Å². The summed E-state index contributed by atoms with van der Waals surface area (Å²) in [6.45, 7) is 33.1. The lowest BCUT2D eigenvalue weighted by molar-refractivity contribution is 0.180. The first-order valence-electron chi connectivity index (χ1n) is 22.5. The molecule has 0 aromatic heterocycles. The molecule has 0 aromatic rings. The van der Waals surface area contributed by atoms with E-state index in [2.05, 4.69) is 52.5 Å². The average molecular weight is 914 g/mol. The molecule has 0 radical (unpaired) electrons. The van der Waals surface area contributed by atoms with Crippen molar-refractivity contribution in [2.45, 2.75) is 203 Å². The van der Waals surface area contributed by atoms with E-state index >= 15 is 0 Å². The van der Waals surface area contributed by atoms with Crippen molar-refractivity contribution in [1.82, 2.24) is 0 Å². The second-order valence-corrected chi connectivity index (χ2v) is 46.8. The fraction of sp³-hybridized carbons (Fsp3) is 0.800.